The molecule has 0 atom stereocenters. The molecule has 1 aromatic carbocycles. The highest BCUT2D eigenvalue weighted by atomic mass is 32.2. The molecule has 82 valence electrons. The van der Waals surface area contributed by atoms with Crippen molar-refractivity contribution in [2.45, 2.75) is 18.9 Å². The molecule has 0 N–H and O–H groups in total. The van der Waals surface area contributed by atoms with Gasteiger partial charge >= 0.3 is 0 Å². The number of carbonyl (C=O) groups is 2. The van der Waals surface area contributed by atoms with E-state index < -0.39 is 0 Å². The van der Waals surface area contributed by atoms with Crippen molar-refractivity contribution < 1.29 is 9.59 Å². The third-order valence-electron chi connectivity index (χ3n) is 2.24. The van der Waals surface area contributed by atoms with Crippen LogP contribution in [0.25, 0.3) is 10.9 Å². The molecule has 1 heterocycles. The Kier molecular flexibility index (Phi) is 2.83. The second-order valence-electron chi connectivity index (χ2n) is 3.49. The fourth-order valence-electron chi connectivity index (χ4n) is 1.68. The lowest BCUT2D eigenvalue weighted by atomic mass is 10.2. The summed E-state index contributed by atoms with van der Waals surface area (Å²) in [6.45, 7) is 2.99. The third-order valence-corrected chi connectivity index (χ3v) is 3.04. The van der Waals surface area contributed by atoms with Gasteiger partial charge in [-0.2, -0.15) is 0 Å². The lowest BCUT2D eigenvalue weighted by molar-refractivity contribution is -0.109. The van der Waals surface area contributed by atoms with Crippen LogP contribution in [-0.4, -0.2) is 15.6 Å². The van der Waals surface area contributed by atoms with Gasteiger partial charge in [-0.25, -0.2) is 0 Å². The van der Waals surface area contributed by atoms with Gasteiger partial charge in [0.25, 0.3) is 0 Å². The average molecular weight is 233 g/mol. The van der Waals surface area contributed by atoms with Crippen molar-refractivity contribution in [1.29, 1.82) is 0 Å². The van der Waals surface area contributed by atoms with E-state index in [-0.39, 0.29) is 11.0 Å². The summed E-state index contributed by atoms with van der Waals surface area (Å²) in [5.74, 6) is -0.0787. The summed E-state index contributed by atoms with van der Waals surface area (Å²) in [6.07, 6.45) is 0. The van der Waals surface area contributed by atoms with E-state index in [1.165, 1.54) is 13.8 Å². The van der Waals surface area contributed by atoms with Gasteiger partial charge in [0.1, 0.15) is 0 Å². The molecule has 0 fully saturated rings. The Balaban J connectivity index is 2.68. The first-order valence-electron chi connectivity index (χ1n) is 4.89. The van der Waals surface area contributed by atoms with Gasteiger partial charge in [0.05, 0.1) is 10.5 Å². The molecule has 1 aromatic heterocycles. The standard InChI is InChI=1S/C12H11NO2S/c1-8(14)13-11-6-4-3-5-10(11)7-12(13)16-9(2)15/h3-7H,1-2H3. The lowest BCUT2D eigenvalue weighted by Crippen LogP contribution is -2.06. The Morgan fingerprint density at radius 2 is 1.88 bits per heavy atom. The average Bonchev–Trinajstić information content (AvgIpc) is 2.53. The first-order valence-corrected chi connectivity index (χ1v) is 5.71. The quantitative estimate of drug-likeness (QED) is 0.711. The zero-order valence-corrected chi connectivity index (χ0v) is 9.88. The van der Waals surface area contributed by atoms with E-state index in [4.69, 9.17) is 0 Å². The Hall–Kier alpha value is -1.55. The molecular weight excluding hydrogens is 222 g/mol. The van der Waals surface area contributed by atoms with Crippen LogP contribution >= 0.6 is 11.8 Å². The number of benzene rings is 1. The number of hydrogen-bond donors (Lipinski definition) is 0. The Bertz CT molecular complexity index is 571. The van der Waals surface area contributed by atoms with E-state index in [1.807, 2.05) is 30.3 Å². The molecule has 0 saturated heterocycles. The Labute approximate surface area is 97.4 Å². The molecule has 2 aromatic rings. The maximum Gasteiger partial charge on any atom is 0.228 e. The predicted octanol–water partition coefficient (Wildman–Crippen LogP) is 2.94. The van der Waals surface area contributed by atoms with Crippen molar-refractivity contribution >= 4 is 33.7 Å². The number of thioether (sulfide) groups is 1. The van der Waals surface area contributed by atoms with Gasteiger partial charge < -0.3 is 0 Å². The van der Waals surface area contributed by atoms with Crippen molar-refractivity contribution in [3.63, 3.8) is 0 Å². The van der Waals surface area contributed by atoms with Crippen LogP contribution in [0.4, 0.5) is 0 Å². The van der Waals surface area contributed by atoms with E-state index in [9.17, 15) is 9.59 Å². The van der Waals surface area contributed by atoms with Gasteiger partial charge in [-0.1, -0.05) is 18.2 Å². The molecule has 0 aliphatic rings. The minimum atomic E-state index is -0.0787. The van der Waals surface area contributed by atoms with E-state index >= 15 is 0 Å². The molecule has 0 amide bonds. The van der Waals surface area contributed by atoms with Crippen LogP contribution in [0.1, 0.15) is 18.6 Å². The van der Waals surface area contributed by atoms with Crippen molar-refractivity contribution in [2.24, 2.45) is 0 Å². The van der Waals surface area contributed by atoms with Crippen LogP contribution in [-0.2, 0) is 4.79 Å². The van der Waals surface area contributed by atoms with Crippen LogP contribution in [0.15, 0.2) is 35.4 Å². The van der Waals surface area contributed by atoms with Crippen LogP contribution in [0.3, 0.4) is 0 Å². The summed E-state index contributed by atoms with van der Waals surface area (Å²) in [5.41, 5.74) is 0.846. The zero-order chi connectivity index (χ0) is 11.7. The predicted molar refractivity (Wildman–Crippen MR) is 64.8 cm³/mol. The monoisotopic (exact) mass is 233 g/mol. The number of rotatable bonds is 1. The number of fused-ring (bicyclic) bond motifs is 1. The number of nitrogens with zero attached hydrogens (tertiary/aromatic N) is 1. The fourth-order valence-corrected chi connectivity index (χ4v) is 2.48. The molecule has 0 spiro atoms. The summed E-state index contributed by atoms with van der Waals surface area (Å²) >= 11 is 1.08. The summed E-state index contributed by atoms with van der Waals surface area (Å²) in [7, 11) is 0. The molecule has 0 aliphatic heterocycles. The molecular formula is C12H11NO2S. The minimum Gasteiger partial charge on any atom is -0.287 e. The van der Waals surface area contributed by atoms with Gasteiger partial charge in [0.15, 0.2) is 5.12 Å². The second-order valence-corrected chi connectivity index (χ2v) is 4.69. The number of para-hydroxylation sites is 1. The molecule has 0 aliphatic carbocycles. The second kappa shape index (κ2) is 4.14. The highest BCUT2D eigenvalue weighted by molar-refractivity contribution is 8.13. The first-order chi connectivity index (χ1) is 7.59. The third kappa shape index (κ3) is 1.88. The number of aromatic nitrogens is 1. The van der Waals surface area contributed by atoms with Crippen molar-refractivity contribution in [3.05, 3.63) is 30.3 Å². The maximum absolute atomic E-state index is 11.6. The Morgan fingerprint density at radius 3 is 2.50 bits per heavy atom. The van der Waals surface area contributed by atoms with Gasteiger partial charge in [-0.15, -0.1) is 0 Å². The Morgan fingerprint density at radius 1 is 1.19 bits per heavy atom. The van der Waals surface area contributed by atoms with Crippen molar-refractivity contribution in [3.8, 4) is 0 Å². The largest absolute Gasteiger partial charge is 0.287 e. The van der Waals surface area contributed by atoms with Crippen molar-refractivity contribution in [1.82, 2.24) is 4.57 Å². The normalized spacial score (nSPS) is 10.6. The van der Waals surface area contributed by atoms with Gasteiger partial charge in [0, 0.05) is 19.2 Å². The molecule has 2 rings (SSSR count). The summed E-state index contributed by atoms with van der Waals surface area (Å²) in [5, 5.41) is 1.63. The lowest BCUT2D eigenvalue weighted by Gasteiger charge is -2.03. The SMILES string of the molecule is CC(=O)Sc1cc2ccccc2n1C(C)=O. The molecule has 0 bridgehead atoms. The molecule has 0 unspecified atom stereocenters. The smallest absolute Gasteiger partial charge is 0.228 e. The van der Waals surface area contributed by atoms with Crippen LogP contribution in [0.5, 0.6) is 0 Å². The summed E-state index contributed by atoms with van der Waals surface area (Å²) in [6, 6.07) is 9.46. The highest BCUT2D eigenvalue weighted by Crippen LogP contribution is 2.27. The molecule has 0 saturated carbocycles. The molecule has 3 nitrogen and oxygen atoms in total. The van der Waals surface area contributed by atoms with E-state index in [1.54, 1.807) is 4.57 Å². The molecule has 16 heavy (non-hydrogen) atoms. The van der Waals surface area contributed by atoms with Gasteiger partial charge in [0.2, 0.25) is 5.91 Å². The van der Waals surface area contributed by atoms with Gasteiger partial charge in [-0.05, 0) is 23.9 Å². The fraction of sp³-hybridized carbons (Fsp3) is 0.167. The molecule has 0 radical (unpaired) electrons. The van der Waals surface area contributed by atoms with Crippen LogP contribution in [0, 0.1) is 0 Å². The number of hydrogen-bond acceptors (Lipinski definition) is 3. The molecule has 4 heteroatoms. The summed E-state index contributed by atoms with van der Waals surface area (Å²) < 4.78 is 1.57. The summed E-state index contributed by atoms with van der Waals surface area (Å²) in [4.78, 5) is 22.7. The maximum atomic E-state index is 11.6. The zero-order valence-electron chi connectivity index (χ0n) is 9.06. The van der Waals surface area contributed by atoms with Crippen LogP contribution < -0.4 is 0 Å². The topological polar surface area (TPSA) is 39.1 Å². The van der Waals surface area contributed by atoms with Gasteiger partial charge in [-0.3, -0.25) is 14.2 Å². The number of carbonyl (C=O) groups excluding carboxylic acids is 2. The van der Waals surface area contributed by atoms with Crippen LogP contribution in [0.2, 0.25) is 0 Å². The van der Waals surface area contributed by atoms with E-state index in [0.717, 1.165) is 22.7 Å². The highest BCUT2D eigenvalue weighted by Gasteiger charge is 2.13. The van der Waals surface area contributed by atoms with E-state index in [0.29, 0.717) is 5.03 Å². The van der Waals surface area contributed by atoms with E-state index in [2.05, 4.69) is 0 Å². The minimum absolute atomic E-state index is 0.0229. The van der Waals surface area contributed by atoms with Crippen molar-refractivity contribution in [2.75, 3.05) is 0 Å². The first kappa shape index (κ1) is 11.0.